The van der Waals surface area contributed by atoms with Crippen LogP contribution in [0.15, 0.2) is 0 Å². The molecule has 0 aromatic heterocycles. The molecule has 0 heterocycles. The number of carbonyl (C=O) groups excluding carboxylic acids is 2. The van der Waals surface area contributed by atoms with Crippen molar-refractivity contribution in [1.29, 1.82) is 0 Å². The first-order chi connectivity index (χ1) is 10.6. The SMILES string of the molecule is CCC(C)OCNC(=O)C(C)(CC)CC(C)(C)C(=O)NCOC. The molecule has 2 N–H and O–H groups in total. The quantitative estimate of drug-likeness (QED) is 0.570. The van der Waals surface area contributed by atoms with Crippen LogP contribution in [0.4, 0.5) is 0 Å². The molecule has 0 spiro atoms. The van der Waals surface area contributed by atoms with Gasteiger partial charge in [0.25, 0.3) is 0 Å². The van der Waals surface area contributed by atoms with Gasteiger partial charge in [-0.05, 0) is 26.2 Å². The van der Waals surface area contributed by atoms with Crippen LogP contribution in [0, 0.1) is 10.8 Å². The highest BCUT2D eigenvalue weighted by Gasteiger charge is 2.40. The number of hydrogen-bond acceptors (Lipinski definition) is 4. The second-order valence-corrected chi connectivity index (χ2v) is 6.95. The maximum absolute atomic E-state index is 12.5. The molecule has 2 atom stereocenters. The molecule has 6 heteroatoms. The summed E-state index contributed by atoms with van der Waals surface area (Å²) in [4.78, 5) is 24.8. The van der Waals surface area contributed by atoms with Crippen LogP contribution in [0.3, 0.4) is 0 Å². The van der Waals surface area contributed by atoms with Gasteiger partial charge < -0.3 is 20.1 Å². The lowest BCUT2D eigenvalue weighted by Gasteiger charge is -2.35. The van der Waals surface area contributed by atoms with E-state index in [-0.39, 0.29) is 31.4 Å². The Hall–Kier alpha value is -1.14. The van der Waals surface area contributed by atoms with Crippen molar-refractivity contribution < 1.29 is 19.1 Å². The predicted octanol–water partition coefficient (Wildman–Crippen LogP) is 2.43. The minimum atomic E-state index is -0.668. The molecule has 0 aromatic carbocycles. The third-order valence-electron chi connectivity index (χ3n) is 4.33. The van der Waals surface area contributed by atoms with Crippen molar-refractivity contribution in [2.75, 3.05) is 20.6 Å². The summed E-state index contributed by atoms with van der Waals surface area (Å²) in [6, 6.07) is 0. The summed E-state index contributed by atoms with van der Waals surface area (Å²) in [5, 5.41) is 5.53. The highest BCUT2D eigenvalue weighted by Crippen LogP contribution is 2.37. The van der Waals surface area contributed by atoms with Crippen molar-refractivity contribution in [3.63, 3.8) is 0 Å². The molecule has 136 valence electrons. The average molecular weight is 330 g/mol. The maximum Gasteiger partial charge on any atom is 0.227 e. The van der Waals surface area contributed by atoms with E-state index in [0.717, 1.165) is 6.42 Å². The van der Waals surface area contributed by atoms with Crippen LogP contribution in [-0.4, -0.2) is 38.5 Å². The van der Waals surface area contributed by atoms with Gasteiger partial charge in [-0.1, -0.05) is 34.6 Å². The van der Waals surface area contributed by atoms with E-state index >= 15 is 0 Å². The van der Waals surface area contributed by atoms with Gasteiger partial charge in [-0.3, -0.25) is 9.59 Å². The Morgan fingerprint density at radius 3 is 2.09 bits per heavy atom. The van der Waals surface area contributed by atoms with Crippen molar-refractivity contribution in [3.05, 3.63) is 0 Å². The summed E-state index contributed by atoms with van der Waals surface area (Å²) < 4.78 is 10.4. The maximum atomic E-state index is 12.5. The molecule has 2 unspecified atom stereocenters. The summed E-state index contributed by atoms with van der Waals surface area (Å²) in [5.41, 5.74) is -1.30. The Morgan fingerprint density at radius 2 is 1.61 bits per heavy atom. The van der Waals surface area contributed by atoms with E-state index in [1.165, 1.54) is 7.11 Å². The lowest BCUT2D eigenvalue weighted by Crippen LogP contribution is -2.46. The molecule has 0 aliphatic rings. The van der Waals surface area contributed by atoms with Crippen molar-refractivity contribution >= 4 is 11.8 Å². The van der Waals surface area contributed by atoms with Gasteiger partial charge in [0.2, 0.25) is 11.8 Å². The topological polar surface area (TPSA) is 76.7 Å². The van der Waals surface area contributed by atoms with E-state index in [1.807, 2.05) is 41.5 Å². The Kier molecular flexibility index (Phi) is 9.39. The summed E-state index contributed by atoms with van der Waals surface area (Å²) in [7, 11) is 1.52. The zero-order valence-electron chi connectivity index (χ0n) is 15.7. The second kappa shape index (κ2) is 9.88. The van der Waals surface area contributed by atoms with Gasteiger partial charge in [-0.15, -0.1) is 0 Å². The minimum Gasteiger partial charge on any atom is -0.364 e. The minimum absolute atomic E-state index is 0.0871. The van der Waals surface area contributed by atoms with Gasteiger partial charge in [0, 0.05) is 17.9 Å². The van der Waals surface area contributed by atoms with Crippen LogP contribution in [0.1, 0.15) is 60.8 Å². The summed E-state index contributed by atoms with van der Waals surface area (Å²) in [6.45, 7) is 11.9. The van der Waals surface area contributed by atoms with E-state index in [0.29, 0.717) is 12.8 Å². The van der Waals surface area contributed by atoms with Crippen molar-refractivity contribution in [3.8, 4) is 0 Å². The Bertz CT molecular complexity index is 385. The molecule has 6 nitrogen and oxygen atoms in total. The normalized spacial score (nSPS) is 15.6. The lowest BCUT2D eigenvalue weighted by atomic mass is 9.71. The molecule has 23 heavy (non-hydrogen) atoms. The van der Waals surface area contributed by atoms with Gasteiger partial charge in [-0.25, -0.2) is 0 Å². The zero-order chi connectivity index (χ0) is 18.1. The number of methoxy groups -OCH3 is 1. The molecule has 0 saturated heterocycles. The van der Waals surface area contributed by atoms with E-state index in [4.69, 9.17) is 9.47 Å². The third kappa shape index (κ3) is 7.31. The van der Waals surface area contributed by atoms with Crippen LogP contribution >= 0.6 is 0 Å². The Balaban J connectivity index is 4.74. The van der Waals surface area contributed by atoms with E-state index < -0.39 is 10.8 Å². The summed E-state index contributed by atoms with van der Waals surface area (Å²) in [6.07, 6.45) is 2.09. The zero-order valence-corrected chi connectivity index (χ0v) is 15.7. The number of nitrogens with one attached hydrogen (secondary N) is 2. The summed E-state index contributed by atoms with van der Waals surface area (Å²) in [5.74, 6) is -0.210. The molecule has 0 aliphatic heterocycles. The molecule has 0 aliphatic carbocycles. The molecule has 2 amide bonds. The van der Waals surface area contributed by atoms with E-state index in [1.54, 1.807) is 0 Å². The molecule has 0 rings (SSSR count). The highest BCUT2D eigenvalue weighted by molar-refractivity contribution is 5.85. The fourth-order valence-corrected chi connectivity index (χ4v) is 2.38. The van der Waals surface area contributed by atoms with Crippen LogP contribution in [0.25, 0.3) is 0 Å². The first-order valence-electron chi connectivity index (χ1n) is 8.30. The van der Waals surface area contributed by atoms with Crippen molar-refractivity contribution in [2.24, 2.45) is 10.8 Å². The second-order valence-electron chi connectivity index (χ2n) is 6.95. The third-order valence-corrected chi connectivity index (χ3v) is 4.33. The van der Waals surface area contributed by atoms with E-state index in [9.17, 15) is 9.59 Å². The fourth-order valence-electron chi connectivity index (χ4n) is 2.38. The number of ether oxygens (including phenoxy) is 2. The molecule has 0 fully saturated rings. The first kappa shape index (κ1) is 21.9. The van der Waals surface area contributed by atoms with Gasteiger partial charge in [0.15, 0.2) is 0 Å². The number of carbonyl (C=O) groups is 2. The fraction of sp³-hybridized carbons (Fsp3) is 0.882. The highest BCUT2D eigenvalue weighted by atomic mass is 16.5. The standard InChI is InChI=1S/C17H34N2O4/c1-8-13(3)23-12-19-15(21)17(6,9-2)10-16(4,5)14(20)18-11-22-7/h13H,8-12H2,1-7H3,(H,18,20)(H,19,21). The number of rotatable bonds is 11. The monoisotopic (exact) mass is 330 g/mol. The van der Waals surface area contributed by atoms with E-state index in [2.05, 4.69) is 10.6 Å². The van der Waals surface area contributed by atoms with Gasteiger partial charge in [0.05, 0.1) is 6.10 Å². The van der Waals surface area contributed by atoms with Crippen LogP contribution in [0.2, 0.25) is 0 Å². The smallest absolute Gasteiger partial charge is 0.227 e. The van der Waals surface area contributed by atoms with Crippen molar-refractivity contribution in [2.45, 2.75) is 66.9 Å². The molecular formula is C17H34N2O4. The molecule has 0 aromatic rings. The predicted molar refractivity (Wildman–Crippen MR) is 90.7 cm³/mol. The lowest BCUT2D eigenvalue weighted by molar-refractivity contribution is -0.139. The number of amides is 2. The van der Waals surface area contributed by atoms with Gasteiger partial charge in [-0.2, -0.15) is 0 Å². The van der Waals surface area contributed by atoms with Crippen LogP contribution in [0.5, 0.6) is 0 Å². The first-order valence-corrected chi connectivity index (χ1v) is 8.30. The van der Waals surface area contributed by atoms with Crippen LogP contribution < -0.4 is 10.6 Å². The molecule has 0 radical (unpaired) electrons. The average Bonchev–Trinajstić information content (AvgIpc) is 2.51. The molecular weight excluding hydrogens is 296 g/mol. The Morgan fingerprint density at radius 1 is 1.04 bits per heavy atom. The Labute approximate surface area is 140 Å². The summed E-state index contributed by atoms with van der Waals surface area (Å²) >= 11 is 0. The number of hydrogen-bond donors (Lipinski definition) is 2. The molecule has 0 saturated carbocycles. The van der Waals surface area contributed by atoms with Crippen molar-refractivity contribution in [1.82, 2.24) is 10.6 Å². The molecule has 0 bridgehead atoms. The van der Waals surface area contributed by atoms with Gasteiger partial charge in [0.1, 0.15) is 13.5 Å². The largest absolute Gasteiger partial charge is 0.364 e. The van der Waals surface area contributed by atoms with Gasteiger partial charge >= 0.3 is 0 Å². The van der Waals surface area contributed by atoms with Crippen LogP contribution in [-0.2, 0) is 19.1 Å².